The van der Waals surface area contributed by atoms with Crippen molar-refractivity contribution in [2.24, 2.45) is 0 Å². The lowest BCUT2D eigenvalue weighted by molar-refractivity contribution is -0.138. The molecule has 4 N–H and O–H groups in total. The quantitative estimate of drug-likeness (QED) is 0.346. The van der Waals surface area contributed by atoms with Gasteiger partial charge in [-0.1, -0.05) is 0 Å². The van der Waals surface area contributed by atoms with Crippen molar-refractivity contribution >= 4 is 23.3 Å². The van der Waals surface area contributed by atoms with Crippen LogP contribution in [0.25, 0.3) is 0 Å². The molecule has 12 heteroatoms. The van der Waals surface area contributed by atoms with Crippen LogP contribution in [0.1, 0.15) is 57.5 Å². The van der Waals surface area contributed by atoms with Gasteiger partial charge in [-0.3, -0.25) is 0 Å². The lowest BCUT2D eigenvalue weighted by Gasteiger charge is -2.28. The second-order valence-electron chi connectivity index (χ2n) is 7.89. The summed E-state index contributed by atoms with van der Waals surface area (Å²) in [6.07, 6.45) is -9.69. The Morgan fingerprint density at radius 2 is 0.971 bits per heavy atom. The molecular weight excluding hydrogens is 470 g/mol. The van der Waals surface area contributed by atoms with E-state index in [9.17, 15) is 35.9 Å². The van der Waals surface area contributed by atoms with Crippen molar-refractivity contribution in [1.29, 1.82) is 0 Å². The molecular formula is C22H20F6N2O4. The van der Waals surface area contributed by atoms with Crippen LogP contribution in [0.5, 0.6) is 0 Å². The predicted molar refractivity (Wildman–Crippen MR) is 109 cm³/mol. The minimum Gasteiger partial charge on any atom is -0.459 e. The minimum atomic E-state index is -4.68. The largest absolute Gasteiger partial charge is 0.459 e. The van der Waals surface area contributed by atoms with Crippen molar-refractivity contribution in [3.8, 4) is 0 Å². The fraction of sp³-hybridized carbons (Fsp3) is 0.364. The summed E-state index contributed by atoms with van der Waals surface area (Å²) >= 11 is 0. The number of anilines is 2. The first-order valence-electron chi connectivity index (χ1n) is 10.1. The molecule has 6 nitrogen and oxygen atoms in total. The Balaban J connectivity index is 1.57. The van der Waals surface area contributed by atoms with Crippen LogP contribution < -0.4 is 11.5 Å². The van der Waals surface area contributed by atoms with Gasteiger partial charge >= 0.3 is 24.3 Å². The zero-order chi connectivity index (χ0) is 25.3. The Kier molecular flexibility index (Phi) is 6.99. The van der Waals surface area contributed by atoms with Gasteiger partial charge in [0.2, 0.25) is 0 Å². The van der Waals surface area contributed by atoms with E-state index in [1.165, 1.54) is 0 Å². The van der Waals surface area contributed by atoms with Gasteiger partial charge in [-0.2, -0.15) is 26.3 Å². The summed E-state index contributed by atoms with van der Waals surface area (Å²) in [5.74, 6) is -1.95. The lowest BCUT2D eigenvalue weighted by Crippen LogP contribution is -2.30. The van der Waals surface area contributed by atoms with E-state index in [0.717, 1.165) is 12.1 Å². The molecule has 0 aromatic heterocycles. The topological polar surface area (TPSA) is 105 Å². The van der Waals surface area contributed by atoms with E-state index in [0.29, 0.717) is 24.3 Å². The Hall–Kier alpha value is -3.44. The molecule has 0 unspecified atom stereocenters. The smallest absolute Gasteiger partial charge is 0.416 e. The van der Waals surface area contributed by atoms with Crippen LogP contribution in [0.15, 0.2) is 36.4 Å². The van der Waals surface area contributed by atoms with E-state index in [2.05, 4.69) is 0 Å². The molecule has 34 heavy (non-hydrogen) atoms. The number of benzene rings is 2. The highest BCUT2D eigenvalue weighted by Crippen LogP contribution is 2.33. The van der Waals surface area contributed by atoms with Crippen molar-refractivity contribution < 1.29 is 45.4 Å². The molecule has 0 amide bonds. The highest BCUT2D eigenvalue weighted by Gasteiger charge is 2.34. The molecule has 1 aliphatic carbocycles. The molecule has 184 valence electrons. The summed E-state index contributed by atoms with van der Waals surface area (Å²) in [4.78, 5) is 24.6. The van der Waals surface area contributed by atoms with Crippen molar-refractivity contribution in [3.63, 3.8) is 0 Å². The molecule has 1 fully saturated rings. The van der Waals surface area contributed by atoms with Gasteiger partial charge < -0.3 is 20.9 Å². The summed E-state index contributed by atoms with van der Waals surface area (Å²) in [7, 11) is 0. The normalized spacial score (nSPS) is 18.9. The number of esters is 2. The maximum absolute atomic E-state index is 12.9. The van der Waals surface area contributed by atoms with E-state index in [4.69, 9.17) is 20.9 Å². The van der Waals surface area contributed by atoms with Crippen LogP contribution in [0.3, 0.4) is 0 Å². The van der Waals surface area contributed by atoms with Crippen LogP contribution in [0, 0.1) is 0 Å². The first kappa shape index (κ1) is 25.2. The third-order valence-electron chi connectivity index (χ3n) is 5.21. The van der Waals surface area contributed by atoms with Crippen LogP contribution >= 0.6 is 0 Å². The van der Waals surface area contributed by atoms with Crippen LogP contribution in [0.2, 0.25) is 0 Å². The van der Waals surface area contributed by atoms with E-state index in [1.54, 1.807) is 0 Å². The number of alkyl halides is 6. The molecule has 0 atom stereocenters. The van der Waals surface area contributed by atoms with Gasteiger partial charge in [0.05, 0.1) is 22.3 Å². The van der Waals surface area contributed by atoms with Crippen molar-refractivity contribution in [2.75, 3.05) is 11.5 Å². The molecule has 0 spiro atoms. The molecule has 2 aromatic rings. The third kappa shape index (κ3) is 6.33. The number of rotatable bonds is 4. The van der Waals surface area contributed by atoms with Gasteiger partial charge in [-0.25, -0.2) is 9.59 Å². The highest BCUT2D eigenvalue weighted by molar-refractivity contribution is 5.91. The zero-order valence-electron chi connectivity index (χ0n) is 17.5. The second-order valence-corrected chi connectivity index (χ2v) is 7.89. The summed E-state index contributed by atoms with van der Waals surface area (Å²) in [5, 5.41) is 0. The Morgan fingerprint density at radius 1 is 0.647 bits per heavy atom. The Bertz CT molecular complexity index is 991. The summed E-state index contributed by atoms with van der Waals surface area (Å²) < 4.78 is 88.1. The molecule has 2 aromatic carbocycles. The SMILES string of the molecule is Nc1cc(C(=O)OC2CCC(OC(=O)c3cc(N)cc(C(F)(F)F)c3)CC2)cc(C(F)(F)F)c1. The Labute approximate surface area is 189 Å². The zero-order valence-corrected chi connectivity index (χ0v) is 17.5. The number of nitrogen functional groups attached to an aromatic ring is 2. The van der Waals surface area contributed by atoms with Gasteiger partial charge in [0.1, 0.15) is 12.2 Å². The fourth-order valence-electron chi connectivity index (χ4n) is 3.57. The number of ether oxygens (including phenoxy) is 2. The summed E-state index contributed by atoms with van der Waals surface area (Å²) in [6, 6.07) is 4.85. The minimum absolute atomic E-state index is 0.239. The van der Waals surface area contributed by atoms with Gasteiger partial charge in [0.25, 0.3) is 0 Å². The molecule has 0 radical (unpaired) electrons. The average molecular weight is 490 g/mol. The maximum atomic E-state index is 12.9. The summed E-state index contributed by atoms with van der Waals surface area (Å²) in [6.45, 7) is 0. The first-order valence-corrected chi connectivity index (χ1v) is 10.1. The van der Waals surface area contributed by atoms with Crippen LogP contribution in [-0.2, 0) is 21.8 Å². The van der Waals surface area contributed by atoms with Gasteiger partial charge in [-0.05, 0) is 62.1 Å². The van der Waals surface area contributed by atoms with Crippen LogP contribution in [-0.4, -0.2) is 24.1 Å². The number of carbonyl (C=O) groups is 2. The van der Waals surface area contributed by atoms with Gasteiger partial charge in [0.15, 0.2) is 0 Å². The second kappa shape index (κ2) is 9.43. The van der Waals surface area contributed by atoms with Crippen LogP contribution in [0.4, 0.5) is 37.7 Å². The van der Waals surface area contributed by atoms with E-state index < -0.39 is 47.6 Å². The molecule has 0 aliphatic heterocycles. The summed E-state index contributed by atoms with van der Waals surface area (Å²) in [5.41, 5.74) is 7.58. The van der Waals surface area contributed by atoms with E-state index >= 15 is 0 Å². The maximum Gasteiger partial charge on any atom is 0.416 e. The van der Waals surface area contributed by atoms with E-state index in [-0.39, 0.29) is 48.2 Å². The lowest BCUT2D eigenvalue weighted by atomic mass is 9.94. The molecule has 0 bridgehead atoms. The predicted octanol–water partition coefficient (Wildman–Crippen LogP) is 5.21. The molecule has 0 heterocycles. The monoisotopic (exact) mass is 490 g/mol. The van der Waals surface area contributed by atoms with Crippen molar-refractivity contribution in [1.82, 2.24) is 0 Å². The fourth-order valence-corrected chi connectivity index (χ4v) is 3.57. The van der Waals surface area contributed by atoms with Crippen molar-refractivity contribution in [3.05, 3.63) is 58.7 Å². The molecule has 0 saturated heterocycles. The third-order valence-corrected chi connectivity index (χ3v) is 5.21. The number of carbonyl (C=O) groups excluding carboxylic acids is 2. The average Bonchev–Trinajstić information content (AvgIpc) is 2.73. The van der Waals surface area contributed by atoms with Gasteiger partial charge in [-0.15, -0.1) is 0 Å². The standard InChI is InChI=1S/C22H20F6N2O4/c23-21(24,25)13-5-11(7-15(29)9-13)19(31)33-17-1-2-18(4-3-17)34-20(32)12-6-14(22(26,27)28)10-16(30)8-12/h5-10,17-18H,1-4,29-30H2. The highest BCUT2D eigenvalue weighted by atomic mass is 19.4. The molecule has 1 saturated carbocycles. The number of hydrogen-bond acceptors (Lipinski definition) is 6. The van der Waals surface area contributed by atoms with Crippen molar-refractivity contribution in [2.45, 2.75) is 50.2 Å². The molecule has 1 aliphatic rings. The van der Waals surface area contributed by atoms with Gasteiger partial charge in [0, 0.05) is 11.4 Å². The molecule has 3 rings (SSSR count). The first-order chi connectivity index (χ1) is 15.7. The number of halogens is 6. The van der Waals surface area contributed by atoms with E-state index in [1.807, 2.05) is 0 Å². The number of nitrogens with two attached hydrogens (primary N) is 2. The Morgan fingerprint density at radius 3 is 1.26 bits per heavy atom. The number of hydrogen-bond donors (Lipinski definition) is 2.